The molecule has 1 atom stereocenters. The zero-order chi connectivity index (χ0) is 15.4. The summed E-state index contributed by atoms with van der Waals surface area (Å²) < 4.78 is 10.6. The van der Waals surface area contributed by atoms with Crippen LogP contribution in [0.2, 0.25) is 0 Å². The molecule has 0 bridgehead atoms. The number of hydrogen-bond donors (Lipinski definition) is 0. The molecule has 1 aliphatic heterocycles. The lowest BCUT2D eigenvalue weighted by molar-refractivity contribution is -0.155. The van der Waals surface area contributed by atoms with Crippen LogP contribution in [0.1, 0.15) is 47.0 Å². The van der Waals surface area contributed by atoms with Gasteiger partial charge in [-0.15, -0.1) is 6.58 Å². The lowest BCUT2D eigenvalue weighted by Gasteiger charge is -2.36. The molecule has 5 heteroatoms. The van der Waals surface area contributed by atoms with Crippen LogP contribution < -0.4 is 0 Å². The first kappa shape index (κ1) is 16.5. The summed E-state index contributed by atoms with van der Waals surface area (Å²) in [6, 6.07) is 0. The van der Waals surface area contributed by atoms with Gasteiger partial charge in [-0.2, -0.15) is 0 Å². The predicted octanol–water partition coefficient (Wildman–Crippen LogP) is 2.90. The molecule has 0 aromatic rings. The summed E-state index contributed by atoms with van der Waals surface area (Å²) in [4.78, 5) is 26.1. The molecule has 0 radical (unpaired) electrons. The van der Waals surface area contributed by atoms with Crippen LogP contribution in [0, 0.1) is 0 Å². The largest absolute Gasteiger partial charge is 0.464 e. The number of likely N-dealkylation sites (tertiary alicyclic amines) is 1. The van der Waals surface area contributed by atoms with Crippen LogP contribution in [0.5, 0.6) is 0 Å². The van der Waals surface area contributed by atoms with E-state index >= 15 is 0 Å². The Balaban J connectivity index is 3.00. The fourth-order valence-electron chi connectivity index (χ4n) is 2.47. The second-order valence-corrected chi connectivity index (χ2v) is 5.98. The summed E-state index contributed by atoms with van der Waals surface area (Å²) in [5.41, 5.74) is -1.55. The van der Waals surface area contributed by atoms with Gasteiger partial charge in [-0.25, -0.2) is 9.59 Å². The Morgan fingerprint density at radius 3 is 2.55 bits per heavy atom. The average molecular weight is 283 g/mol. The highest BCUT2D eigenvalue weighted by Gasteiger charge is 2.51. The van der Waals surface area contributed by atoms with Crippen LogP contribution in [0.25, 0.3) is 0 Å². The number of esters is 1. The van der Waals surface area contributed by atoms with E-state index in [1.165, 1.54) is 4.90 Å². The van der Waals surface area contributed by atoms with Crippen molar-refractivity contribution in [2.24, 2.45) is 0 Å². The number of carbonyl (C=O) groups is 2. The average Bonchev–Trinajstić information content (AvgIpc) is 2.72. The van der Waals surface area contributed by atoms with E-state index in [9.17, 15) is 9.59 Å². The lowest BCUT2D eigenvalue weighted by Crippen LogP contribution is -2.54. The monoisotopic (exact) mass is 283 g/mol. The standard InChI is InChI=1S/C15H25NO4/c1-6-9-15(12(17)19-7-2)10-8-11-16(15)13(18)20-14(3,4)5/h6H,1,7-11H2,2-5H3. The highest BCUT2D eigenvalue weighted by Crippen LogP contribution is 2.35. The van der Waals surface area contributed by atoms with Gasteiger partial charge in [0.05, 0.1) is 6.61 Å². The topological polar surface area (TPSA) is 55.8 Å². The van der Waals surface area contributed by atoms with E-state index in [-0.39, 0.29) is 5.97 Å². The van der Waals surface area contributed by atoms with Crippen molar-refractivity contribution in [3.63, 3.8) is 0 Å². The van der Waals surface area contributed by atoms with Crippen molar-refractivity contribution in [1.82, 2.24) is 4.90 Å². The van der Waals surface area contributed by atoms with Crippen molar-refractivity contribution >= 4 is 12.1 Å². The van der Waals surface area contributed by atoms with E-state index in [1.54, 1.807) is 33.8 Å². The summed E-state index contributed by atoms with van der Waals surface area (Å²) in [5.74, 6) is -0.372. The first-order chi connectivity index (χ1) is 9.27. The van der Waals surface area contributed by atoms with Crippen LogP contribution >= 0.6 is 0 Å². The highest BCUT2D eigenvalue weighted by molar-refractivity contribution is 5.86. The summed E-state index contributed by atoms with van der Waals surface area (Å²) >= 11 is 0. The fraction of sp³-hybridized carbons (Fsp3) is 0.733. The summed E-state index contributed by atoms with van der Waals surface area (Å²) in [6.07, 6.45) is 2.90. The molecular weight excluding hydrogens is 258 g/mol. The molecule has 0 saturated carbocycles. The Morgan fingerprint density at radius 2 is 2.05 bits per heavy atom. The van der Waals surface area contributed by atoms with Crippen LogP contribution in [-0.4, -0.2) is 41.3 Å². The molecule has 20 heavy (non-hydrogen) atoms. The highest BCUT2D eigenvalue weighted by atomic mass is 16.6. The Morgan fingerprint density at radius 1 is 1.40 bits per heavy atom. The van der Waals surface area contributed by atoms with Gasteiger partial charge in [0.15, 0.2) is 0 Å². The summed E-state index contributed by atoms with van der Waals surface area (Å²) in [7, 11) is 0. The predicted molar refractivity (Wildman–Crippen MR) is 76.4 cm³/mol. The molecule has 5 nitrogen and oxygen atoms in total. The van der Waals surface area contributed by atoms with Crippen molar-refractivity contribution in [1.29, 1.82) is 0 Å². The van der Waals surface area contributed by atoms with Crippen LogP contribution in [0.4, 0.5) is 4.79 Å². The van der Waals surface area contributed by atoms with Crippen LogP contribution in [-0.2, 0) is 14.3 Å². The minimum atomic E-state index is -0.958. The maximum absolute atomic E-state index is 12.3. The fourth-order valence-corrected chi connectivity index (χ4v) is 2.47. The zero-order valence-electron chi connectivity index (χ0n) is 12.9. The summed E-state index contributed by atoms with van der Waals surface area (Å²) in [6.45, 7) is 11.7. The number of nitrogens with zero attached hydrogens (tertiary/aromatic N) is 1. The molecular formula is C15H25NO4. The van der Waals surface area contributed by atoms with Crippen molar-refractivity contribution in [3.05, 3.63) is 12.7 Å². The second-order valence-electron chi connectivity index (χ2n) is 5.98. The zero-order valence-corrected chi connectivity index (χ0v) is 12.9. The van der Waals surface area contributed by atoms with Gasteiger partial charge in [0.2, 0.25) is 0 Å². The van der Waals surface area contributed by atoms with E-state index in [2.05, 4.69) is 6.58 Å². The molecule has 1 aliphatic rings. The van der Waals surface area contributed by atoms with E-state index in [0.29, 0.717) is 26.0 Å². The first-order valence-corrected chi connectivity index (χ1v) is 7.05. The van der Waals surface area contributed by atoms with Crippen molar-refractivity contribution < 1.29 is 19.1 Å². The number of carbonyl (C=O) groups excluding carboxylic acids is 2. The molecule has 0 N–H and O–H groups in total. The SMILES string of the molecule is C=CCC1(C(=O)OCC)CCCN1C(=O)OC(C)(C)C. The van der Waals surface area contributed by atoms with E-state index in [1.807, 2.05) is 0 Å². The maximum Gasteiger partial charge on any atom is 0.411 e. The minimum Gasteiger partial charge on any atom is -0.464 e. The number of rotatable bonds is 4. The third-order valence-corrected chi connectivity index (χ3v) is 3.24. The van der Waals surface area contributed by atoms with Gasteiger partial charge in [-0.05, 0) is 47.0 Å². The third-order valence-electron chi connectivity index (χ3n) is 3.24. The Hall–Kier alpha value is -1.52. The molecule has 1 amide bonds. The van der Waals surface area contributed by atoms with Gasteiger partial charge in [-0.3, -0.25) is 4.90 Å². The molecule has 0 spiro atoms. The van der Waals surface area contributed by atoms with Gasteiger partial charge >= 0.3 is 12.1 Å². The molecule has 1 rings (SSSR count). The lowest BCUT2D eigenvalue weighted by atomic mass is 9.92. The van der Waals surface area contributed by atoms with Crippen molar-refractivity contribution in [2.75, 3.05) is 13.2 Å². The molecule has 0 aromatic heterocycles. The van der Waals surface area contributed by atoms with Gasteiger partial charge in [0, 0.05) is 6.54 Å². The van der Waals surface area contributed by atoms with Crippen molar-refractivity contribution in [3.8, 4) is 0 Å². The smallest absolute Gasteiger partial charge is 0.411 e. The van der Waals surface area contributed by atoms with Crippen LogP contribution in [0.3, 0.4) is 0 Å². The van der Waals surface area contributed by atoms with Crippen LogP contribution in [0.15, 0.2) is 12.7 Å². The normalized spacial score (nSPS) is 22.5. The van der Waals surface area contributed by atoms with E-state index in [4.69, 9.17) is 9.47 Å². The number of amides is 1. The molecule has 114 valence electrons. The number of hydrogen-bond acceptors (Lipinski definition) is 4. The second kappa shape index (κ2) is 6.29. The quantitative estimate of drug-likeness (QED) is 0.588. The molecule has 0 aliphatic carbocycles. The molecule has 1 heterocycles. The minimum absolute atomic E-state index is 0.292. The van der Waals surface area contributed by atoms with Crippen molar-refractivity contribution in [2.45, 2.75) is 58.1 Å². The Labute approximate surface area is 120 Å². The molecule has 1 unspecified atom stereocenters. The van der Waals surface area contributed by atoms with Gasteiger partial charge in [0.25, 0.3) is 0 Å². The van der Waals surface area contributed by atoms with E-state index in [0.717, 1.165) is 6.42 Å². The number of ether oxygens (including phenoxy) is 2. The van der Waals surface area contributed by atoms with Gasteiger partial charge in [0.1, 0.15) is 11.1 Å². The van der Waals surface area contributed by atoms with Gasteiger partial charge < -0.3 is 9.47 Å². The molecule has 1 fully saturated rings. The molecule has 1 saturated heterocycles. The maximum atomic E-state index is 12.3. The molecule has 0 aromatic carbocycles. The van der Waals surface area contributed by atoms with Gasteiger partial charge in [-0.1, -0.05) is 6.08 Å². The Kier molecular flexibility index (Phi) is 5.20. The first-order valence-electron chi connectivity index (χ1n) is 7.05. The summed E-state index contributed by atoms with van der Waals surface area (Å²) in [5, 5.41) is 0. The Bertz CT molecular complexity index is 386. The van der Waals surface area contributed by atoms with E-state index < -0.39 is 17.2 Å². The third kappa shape index (κ3) is 3.52.